The van der Waals surface area contributed by atoms with Crippen LogP contribution in [0.1, 0.15) is 5.69 Å². The van der Waals surface area contributed by atoms with Gasteiger partial charge < -0.3 is 14.3 Å². The molecule has 0 amide bonds. The summed E-state index contributed by atoms with van der Waals surface area (Å²) in [6.07, 6.45) is 5.71. The molecule has 0 bridgehead atoms. The minimum Gasteiger partial charge on any atom is -0.497 e. The predicted octanol–water partition coefficient (Wildman–Crippen LogP) is 1.86. The van der Waals surface area contributed by atoms with E-state index in [1.54, 1.807) is 30.5 Å². The zero-order valence-corrected chi connectivity index (χ0v) is 13.5. The van der Waals surface area contributed by atoms with Gasteiger partial charge in [0, 0.05) is 37.3 Å². The van der Waals surface area contributed by atoms with Crippen molar-refractivity contribution >= 4 is 21.9 Å². The summed E-state index contributed by atoms with van der Waals surface area (Å²) in [4.78, 5) is 24.4. The van der Waals surface area contributed by atoms with Gasteiger partial charge in [-0.25, -0.2) is 9.97 Å². The molecule has 0 atom stereocenters. The fourth-order valence-electron chi connectivity index (χ4n) is 3.04. The van der Waals surface area contributed by atoms with Crippen LogP contribution in [0.2, 0.25) is 0 Å². The summed E-state index contributed by atoms with van der Waals surface area (Å²) in [7, 11) is 3.52. The molecule has 24 heavy (non-hydrogen) atoms. The molecule has 0 unspecified atom stereocenters. The first-order valence-electron chi connectivity index (χ1n) is 7.68. The van der Waals surface area contributed by atoms with Crippen molar-refractivity contribution in [2.24, 2.45) is 7.05 Å². The molecule has 0 saturated heterocycles. The first kappa shape index (κ1) is 14.5. The largest absolute Gasteiger partial charge is 0.497 e. The number of methoxy groups -OCH3 is 1. The Bertz CT molecular complexity index is 1080. The van der Waals surface area contributed by atoms with Gasteiger partial charge in [-0.1, -0.05) is 0 Å². The van der Waals surface area contributed by atoms with Crippen molar-refractivity contribution in [3.8, 4) is 5.75 Å². The Morgan fingerprint density at radius 3 is 2.96 bits per heavy atom. The maximum Gasteiger partial charge on any atom is 0.277 e. The number of benzene rings is 1. The van der Waals surface area contributed by atoms with E-state index in [9.17, 15) is 4.79 Å². The molecule has 1 N–H and O–H groups in total. The lowest BCUT2D eigenvalue weighted by atomic mass is 10.2. The summed E-state index contributed by atoms with van der Waals surface area (Å²) in [5.41, 5.74) is 3.21. The molecular formula is C17H17N5O2. The number of aromatic nitrogens is 5. The van der Waals surface area contributed by atoms with E-state index in [1.807, 2.05) is 29.8 Å². The Balaban J connectivity index is 1.84. The van der Waals surface area contributed by atoms with Gasteiger partial charge in [-0.05, 0) is 18.2 Å². The van der Waals surface area contributed by atoms with Crippen molar-refractivity contribution in [1.82, 2.24) is 24.1 Å². The number of ether oxygens (including phenoxy) is 1. The Kier molecular flexibility index (Phi) is 3.34. The monoisotopic (exact) mass is 323 g/mol. The molecule has 0 aliphatic rings. The van der Waals surface area contributed by atoms with Gasteiger partial charge in [-0.15, -0.1) is 0 Å². The maximum absolute atomic E-state index is 12.9. The quantitative estimate of drug-likeness (QED) is 0.622. The van der Waals surface area contributed by atoms with Crippen LogP contribution in [-0.2, 0) is 20.0 Å². The van der Waals surface area contributed by atoms with Gasteiger partial charge in [0.25, 0.3) is 5.56 Å². The lowest BCUT2D eigenvalue weighted by Gasteiger charge is -2.05. The average molecular weight is 323 g/mol. The molecule has 0 aliphatic carbocycles. The Morgan fingerprint density at radius 1 is 1.33 bits per heavy atom. The molecule has 122 valence electrons. The summed E-state index contributed by atoms with van der Waals surface area (Å²) in [5, 5.41) is 0.921. The van der Waals surface area contributed by atoms with Crippen LogP contribution in [0.4, 0.5) is 0 Å². The fraction of sp³-hybridized carbons (Fsp3) is 0.235. The summed E-state index contributed by atoms with van der Waals surface area (Å²) in [6.45, 7) is 0.550. The van der Waals surface area contributed by atoms with Crippen molar-refractivity contribution in [3.63, 3.8) is 0 Å². The SMILES string of the molecule is COc1ccc2c(c1)c1ncn(CCc3cnc[nH]3)c(=O)c1n2C. The van der Waals surface area contributed by atoms with Crippen LogP contribution >= 0.6 is 0 Å². The molecular weight excluding hydrogens is 306 g/mol. The molecule has 0 saturated carbocycles. The summed E-state index contributed by atoms with van der Waals surface area (Å²) >= 11 is 0. The Labute approximate surface area is 137 Å². The third-order valence-electron chi connectivity index (χ3n) is 4.35. The number of aromatic amines is 1. The summed E-state index contributed by atoms with van der Waals surface area (Å²) < 4.78 is 8.82. The van der Waals surface area contributed by atoms with E-state index in [-0.39, 0.29) is 5.56 Å². The molecule has 7 nitrogen and oxygen atoms in total. The topological polar surface area (TPSA) is 77.7 Å². The van der Waals surface area contributed by atoms with E-state index in [0.29, 0.717) is 24.0 Å². The number of hydrogen-bond acceptors (Lipinski definition) is 4. The van der Waals surface area contributed by atoms with Crippen molar-refractivity contribution in [1.29, 1.82) is 0 Å². The highest BCUT2D eigenvalue weighted by molar-refractivity contribution is 6.05. The van der Waals surface area contributed by atoms with E-state index in [4.69, 9.17) is 4.74 Å². The molecule has 3 aromatic heterocycles. The van der Waals surface area contributed by atoms with Crippen molar-refractivity contribution in [3.05, 3.63) is 53.1 Å². The smallest absolute Gasteiger partial charge is 0.277 e. The van der Waals surface area contributed by atoms with Crippen molar-refractivity contribution < 1.29 is 4.74 Å². The van der Waals surface area contributed by atoms with E-state index in [2.05, 4.69) is 15.0 Å². The lowest BCUT2D eigenvalue weighted by Crippen LogP contribution is -2.23. The van der Waals surface area contributed by atoms with Crippen LogP contribution in [0.5, 0.6) is 5.75 Å². The standard InChI is InChI=1S/C17H17N5O2/c1-21-14-4-3-12(24-2)7-13(14)15-16(21)17(23)22(10-20-15)6-5-11-8-18-9-19-11/h3-4,7-10H,5-6H2,1-2H3,(H,18,19). The second kappa shape index (κ2) is 5.52. The average Bonchev–Trinajstić information content (AvgIpc) is 3.21. The molecule has 4 rings (SSSR count). The van der Waals surface area contributed by atoms with Gasteiger partial charge in [0.05, 0.1) is 25.3 Å². The zero-order valence-electron chi connectivity index (χ0n) is 13.5. The molecule has 3 heterocycles. The second-order valence-electron chi connectivity index (χ2n) is 5.71. The summed E-state index contributed by atoms with van der Waals surface area (Å²) in [6, 6.07) is 5.75. The normalized spacial score (nSPS) is 11.4. The molecule has 4 aromatic rings. The van der Waals surface area contributed by atoms with Crippen molar-refractivity contribution in [2.45, 2.75) is 13.0 Å². The minimum absolute atomic E-state index is 0.0443. The lowest BCUT2D eigenvalue weighted by molar-refractivity contribution is 0.415. The van der Waals surface area contributed by atoms with Crippen LogP contribution in [-0.4, -0.2) is 31.2 Å². The number of hydrogen-bond donors (Lipinski definition) is 1. The van der Waals surface area contributed by atoms with Gasteiger partial charge in [0.15, 0.2) is 0 Å². The van der Waals surface area contributed by atoms with Crippen LogP contribution < -0.4 is 10.3 Å². The molecule has 0 aliphatic heterocycles. The van der Waals surface area contributed by atoms with Crippen LogP contribution in [0.25, 0.3) is 21.9 Å². The molecule has 0 spiro atoms. The third kappa shape index (κ3) is 2.17. The minimum atomic E-state index is -0.0443. The predicted molar refractivity (Wildman–Crippen MR) is 91.3 cm³/mol. The van der Waals surface area contributed by atoms with E-state index in [1.165, 1.54) is 0 Å². The number of H-pyrrole nitrogens is 1. The second-order valence-corrected chi connectivity index (χ2v) is 5.71. The number of fused-ring (bicyclic) bond motifs is 3. The third-order valence-corrected chi connectivity index (χ3v) is 4.35. The molecule has 0 radical (unpaired) electrons. The highest BCUT2D eigenvalue weighted by Gasteiger charge is 2.15. The van der Waals surface area contributed by atoms with Gasteiger partial charge in [-0.2, -0.15) is 0 Å². The van der Waals surface area contributed by atoms with Gasteiger partial charge in [0.1, 0.15) is 16.8 Å². The first-order valence-corrected chi connectivity index (χ1v) is 7.68. The number of rotatable bonds is 4. The zero-order chi connectivity index (χ0) is 16.7. The Hall–Kier alpha value is -3.09. The number of imidazole rings is 1. The highest BCUT2D eigenvalue weighted by Crippen LogP contribution is 2.27. The number of nitrogens with zero attached hydrogens (tertiary/aromatic N) is 4. The van der Waals surface area contributed by atoms with E-state index < -0.39 is 0 Å². The Morgan fingerprint density at radius 2 is 2.21 bits per heavy atom. The number of aryl methyl sites for hydroxylation is 3. The summed E-state index contributed by atoms with van der Waals surface area (Å²) in [5.74, 6) is 0.750. The van der Waals surface area contributed by atoms with E-state index in [0.717, 1.165) is 22.3 Å². The van der Waals surface area contributed by atoms with Gasteiger partial charge >= 0.3 is 0 Å². The fourth-order valence-corrected chi connectivity index (χ4v) is 3.04. The molecule has 1 aromatic carbocycles. The maximum atomic E-state index is 12.9. The van der Waals surface area contributed by atoms with Crippen LogP contribution in [0, 0.1) is 0 Å². The molecule has 7 heteroatoms. The highest BCUT2D eigenvalue weighted by atomic mass is 16.5. The number of nitrogens with one attached hydrogen (secondary N) is 1. The van der Waals surface area contributed by atoms with Crippen LogP contribution in [0.15, 0.2) is 41.8 Å². The molecule has 0 fully saturated rings. The van der Waals surface area contributed by atoms with Crippen molar-refractivity contribution in [2.75, 3.05) is 7.11 Å². The van der Waals surface area contributed by atoms with Gasteiger partial charge in [-0.3, -0.25) is 9.36 Å². The first-order chi connectivity index (χ1) is 11.7. The van der Waals surface area contributed by atoms with Gasteiger partial charge in [0.2, 0.25) is 0 Å². The van der Waals surface area contributed by atoms with E-state index >= 15 is 0 Å². The van der Waals surface area contributed by atoms with Crippen LogP contribution in [0.3, 0.4) is 0 Å².